The van der Waals surface area contributed by atoms with E-state index in [1.165, 1.54) is 13.2 Å². The normalized spacial score (nSPS) is 23.5. The summed E-state index contributed by atoms with van der Waals surface area (Å²) in [4.78, 5) is 10.8. The number of hydrogen-bond donors (Lipinski definition) is 1. The molecule has 1 N–H and O–H groups in total. The molecule has 0 aromatic heterocycles. The highest BCUT2D eigenvalue weighted by Crippen LogP contribution is 2.22. The van der Waals surface area contributed by atoms with Crippen LogP contribution in [0.1, 0.15) is 25.7 Å². The summed E-state index contributed by atoms with van der Waals surface area (Å²) in [6.45, 7) is 0. The fourth-order valence-electron chi connectivity index (χ4n) is 1.34. The SMILES string of the molecule is COC(=O)C=C1CCC(O)CC1. The molecule has 0 saturated heterocycles. The lowest BCUT2D eigenvalue weighted by Gasteiger charge is -2.18. The first kappa shape index (κ1) is 9.26. The maximum atomic E-state index is 10.8. The zero-order chi connectivity index (χ0) is 8.97. The van der Waals surface area contributed by atoms with Crippen molar-refractivity contribution in [3.05, 3.63) is 11.6 Å². The van der Waals surface area contributed by atoms with E-state index in [4.69, 9.17) is 0 Å². The fraction of sp³-hybridized carbons (Fsp3) is 0.667. The van der Waals surface area contributed by atoms with E-state index in [1.807, 2.05) is 0 Å². The topological polar surface area (TPSA) is 46.5 Å². The molecule has 0 heterocycles. The summed E-state index contributed by atoms with van der Waals surface area (Å²) in [5, 5.41) is 9.17. The van der Waals surface area contributed by atoms with Crippen LogP contribution in [0.15, 0.2) is 11.6 Å². The Bertz CT molecular complexity index is 186. The molecule has 1 fully saturated rings. The number of hydrogen-bond acceptors (Lipinski definition) is 3. The minimum absolute atomic E-state index is 0.181. The van der Waals surface area contributed by atoms with Crippen molar-refractivity contribution < 1.29 is 14.6 Å². The zero-order valence-electron chi connectivity index (χ0n) is 7.25. The second kappa shape index (κ2) is 4.26. The van der Waals surface area contributed by atoms with Crippen LogP contribution >= 0.6 is 0 Å². The highest BCUT2D eigenvalue weighted by molar-refractivity contribution is 5.82. The van der Waals surface area contributed by atoms with Gasteiger partial charge < -0.3 is 9.84 Å². The summed E-state index contributed by atoms with van der Waals surface area (Å²) in [5.41, 5.74) is 1.09. The van der Waals surface area contributed by atoms with E-state index < -0.39 is 0 Å². The number of aliphatic hydroxyl groups excluding tert-OH is 1. The van der Waals surface area contributed by atoms with Gasteiger partial charge in [0.05, 0.1) is 13.2 Å². The molecule has 1 saturated carbocycles. The van der Waals surface area contributed by atoms with Gasteiger partial charge in [0.25, 0.3) is 0 Å². The van der Waals surface area contributed by atoms with Gasteiger partial charge in [-0.15, -0.1) is 0 Å². The van der Waals surface area contributed by atoms with Crippen molar-refractivity contribution in [3.8, 4) is 0 Å². The van der Waals surface area contributed by atoms with Crippen molar-refractivity contribution in [1.29, 1.82) is 0 Å². The van der Waals surface area contributed by atoms with E-state index in [9.17, 15) is 9.90 Å². The van der Waals surface area contributed by atoms with Crippen molar-refractivity contribution >= 4 is 5.97 Å². The quantitative estimate of drug-likeness (QED) is 0.472. The van der Waals surface area contributed by atoms with Crippen molar-refractivity contribution in [2.75, 3.05) is 7.11 Å². The van der Waals surface area contributed by atoms with E-state index in [0.717, 1.165) is 31.3 Å². The van der Waals surface area contributed by atoms with Crippen molar-refractivity contribution in [2.45, 2.75) is 31.8 Å². The Morgan fingerprint density at radius 3 is 2.67 bits per heavy atom. The first-order valence-electron chi connectivity index (χ1n) is 4.18. The molecule has 0 amide bonds. The van der Waals surface area contributed by atoms with Crippen LogP contribution in [0.5, 0.6) is 0 Å². The number of carbonyl (C=O) groups excluding carboxylic acids is 1. The average molecular weight is 170 g/mol. The van der Waals surface area contributed by atoms with Gasteiger partial charge in [0, 0.05) is 6.08 Å². The van der Waals surface area contributed by atoms with Gasteiger partial charge in [0.15, 0.2) is 0 Å². The van der Waals surface area contributed by atoms with Gasteiger partial charge in [-0.3, -0.25) is 0 Å². The van der Waals surface area contributed by atoms with Gasteiger partial charge in [0.1, 0.15) is 0 Å². The van der Waals surface area contributed by atoms with Gasteiger partial charge >= 0.3 is 5.97 Å². The summed E-state index contributed by atoms with van der Waals surface area (Å²) in [7, 11) is 1.37. The largest absolute Gasteiger partial charge is 0.466 e. The van der Waals surface area contributed by atoms with E-state index in [-0.39, 0.29) is 12.1 Å². The van der Waals surface area contributed by atoms with E-state index in [2.05, 4.69) is 4.74 Å². The molecule has 0 unspecified atom stereocenters. The lowest BCUT2D eigenvalue weighted by Crippen LogP contribution is -2.13. The van der Waals surface area contributed by atoms with Crippen LogP contribution in [-0.4, -0.2) is 24.3 Å². The monoisotopic (exact) mass is 170 g/mol. The number of methoxy groups -OCH3 is 1. The van der Waals surface area contributed by atoms with Crippen molar-refractivity contribution in [3.63, 3.8) is 0 Å². The lowest BCUT2D eigenvalue weighted by molar-refractivity contribution is -0.134. The summed E-state index contributed by atoms with van der Waals surface area (Å²) in [6, 6.07) is 0. The van der Waals surface area contributed by atoms with Gasteiger partial charge in [-0.25, -0.2) is 4.79 Å². The predicted molar refractivity (Wildman–Crippen MR) is 44.6 cm³/mol. The second-order valence-electron chi connectivity index (χ2n) is 3.06. The molecule has 3 nitrogen and oxygen atoms in total. The minimum atomic E-state index is -0.290. The van der Waals surface area contributed by atoms with E-state index >= 15 is 0 Å². The molecular weight excluding hydrogens is 156 g/mol. The molecule has 0 aromatic carbocycles. The summed E-state index contributed by atoms with van der Waals surface area (Å²) < 4.78 is 4.50. The van der Waals surface area contributed by atoms with Crippen LogP contribution in [0.25, 0.3) is 0 Å². The molecule has 12 heavy (non-hydrogen) atoms. The Kier molecular flexibility index (Phi) is 3.29. The third kappa shape index (κ3) is 2.66. The Labute approximate surface area is 72.0 Å². The summed E-state index contributed by atoms with van der Waals surface area (Å²) >= 11 is 0. The molecule has 1 rings (SSSR count). The van der Waals surface area contributed by atoms with Crippen molar-refractivity contribution in [1.82, 2.24) is 0 Å². The molecule has 0 aromatic rings. The van der Waals surface area contributed by atoms with Gasteiger partial charge in [-0.2, -0.15) is 0 Å². The van der Waals surface area contributed by atoms with Crippen molar-refractivity contribution in [2.24, 2.45) is 0 Å². The first-order valence-corrected chi connectivity index (χ1v) is 4.18. The third-order valence-corrected chi connectivity index (χ3v) is 2.12. The van der Waals surface area contributed by atoms with Gasteiger partial charge in [-0.1, -0.05) is 5.57 Å². The molecule has 3 heteroatoms. The Morgan fingerprint density at radius 2 is 2.17 bits per heavy atom. The van der Waals surface area contributed by atoms with Crippen LogP contribution < -0.4 is 0 Å². The Morgan fingerprint density at radius 1 is 1.58 bits per heavy atom. The molecule has 1 aliphatic carbocycles. The van der Waals surface area contributed by atoms with E-state index in [0.29, 0.717) is 0 Å². The highest BCUT2D eigenvalue weighted by Gasteiger charge is 2.14. The van der Waals surface area contributed by atoms with Crippen LogP contribution in [-0.2, 0) is 9.53 Å². The average Bonchev–Trinajstić information content (AvgIpc) is 2.09. The molecule has 0 bridgehead atoms. The molecule has 1 aliphatic rings. The maximum absolute atomic E-state index is 10.8. The molecule has 0 aliphatic heterocycles. The Hall–Kier alpha value is -0.830. The highest BCUT2D eigenvalue weighted by atomic mass is 16.5. The smallest absolute Gasteiger partial charge is 0.330 e. The summed E-state index contributed by atoms with van der Waals surface area (Å²) in [6.07, 6.45) is 4.52. The van der Waals surface area contributed by atoms with Crippen LogP contribution in [0.4, 0.5) is 0 Å². The molecule has 0 spiro atoms. The molecule has 68 valence electrons. The third-order valence-electron chi connectivity index (χ3n) is 2.12. The number of carbonyl (C=O) groups is 1. The maximum Gasteiger partial charge on any atom is 0.330 e. The zero-order valence-corrected chi connectivity index (χ0v) is 7.25. The van der Waals surface area contributed by atoms with Crippen LogP contribution in [0, 0.1) is 0 Å². The Balaban J connectivity index is 2.43. The minimum Gasteiger partial charge on any atom is -0.466 e. The van der Waals surface area contributed by atoms with Gasteiger partial charge in [-0.05, 0) is 25.7 Å². The standard InChI is InChI=1S/C9H14O3/c1-12-9(11)6-7-2-4-8(10)5-3-7/h6,8,10H,2-5H2,1H3. The van der Waals surface area contributed by atoms with Crippen LogP contribution in [0.2, 0.25) is 0 Å². The second-order valence-corrected chi connectivity index (χ2v) is 3.06. The number of allylic oxidation sites excluding steroid dienone is 1. The fourth-order valence-corrected chi connectivity index (χ4v) is 1.34. The number of esters is 1. The molecule has 0 atom stereocenters. The predicted octanol–water partition coefficient (Wildman–Crippen LogP) is 1.02. The number of ether oxygens (including phenoxy) is 1. The molecular formula is C9H14O3. The number of rotatable bonds is 1. The lowest BCUT2D eigenvalue weighted by atomic mass is 9.92. The summed E-state index contributed by atoms with van der Waals surface area (Å²) in [5.74, 6) is -0.290. The van der Waals surface area contributed by atoms with Crippen LogP contribution in [0.3, 0.4) is 0 Å². The number of aliphatic hydroxyl groups is 1. The van der Waals surface area contributed by atoms with Gasteiger partial charge in [0.2, 0.25) is 0 Å². The molecule has 0 radical (unpaired) electrons. The first-order chi connectivity index (χ1) is 5.72. The van der Waals surface area contributed by atoms with E-state index in [1.54, 1.807) is 0 Å².